The van der Waals surface area contributed by atoms with Crippen molar-refractivity contribution in [2.75, 3.05) is 24.7 Å². The van der Waals surface area contributed by atoms with E-state index in [9.17, 15) is 4.39 Å². The molecule has 0 bridgehead atoms. The van der Waals surface area contributed by atoms with Crippen LogP contribution in [0.3, 0.4) is 0 Å². The lowest BCUT2D eigenvalue weighted by atomic mass is 10.1. The molecule has 4 nitrogen and oxygen atoms in total. The highest BCUT2D eigenvalue weighted by Crippen LogP contribution is 2.31. The van der Waals surface area contributed by atoms with Crippen LogP contribution in [0.1, 0.15) is 0 Å². The highest BCUT2D eigenvalue weighted by atomic mass is 19.1. The summed E-state index contributed by atoms with van der Waals surface area (Å²) in [7, 11) is 3.74. The van der Waals surface area contributed by atoms with Gasteiger partial charge in [-0.3, -0.25) is 0 Å². The minimum atomic E-state index is -0.324. The van der Waals surface area contributed by atoms with Crippen LogP contribution in [0.25, 0.3) is 11.3 Å². The van der Waals surface area contributed by atoms with Crippen LogP contribution in [-0.2, 0) is 0 Å². The number of nitrogens with zero attached hydrogens (tertiary/aromatic N) is 2. The fourth-order valence-corrected chi connectivity index (χ4v) is 1.51. The molecule has 0 atom stereocenters. The summed E-state index contributed by atoms with van der Waals surface area (Å²) >= 11 is 0. The second-order valence-electron chi connectivity index (χ2n) is 3.62. The molecule has 0 spiro atoms. The van der Waals surface area contributed by atoms with E-state index in [1.54, 1.807) is 6.07 Å². The molecule has 5 heteroatoms. The Morgan fingerprint density at radius 1 is 1.38 bits per heavy atom. The second kappa shape index (κ2) is 3.84. The number of hydrogen-bond donors (Lipinski definition) is 1. The van der Waals surface area contributed by atoms with Gasteiger partial charge in [0.05, 0.1) is 6.20 Å². The fourth-order valence-electron chi connectivity index (χ4n) is 1.51. The smallest absolute Gasteiger partial charge is 0.292 e. The zero-order valence-electron chi connectivity index (χ0n) is 9.07. The van der Waals surface area contributed by atoms with E-state index in [2.05, 4.69) is 4.98 Å². The number of halogens is 1. The average molecular weight is 221 g/mol. The van der Waals surface area contributed by atoms with E-state index in [0.29, 0.717) is 11.3 Å². The van der Waals surface area contributed by atoms with Gasteiger partial charge in [-0.1, -0.05) is 0 Å². The van der Waals surface area contributed by atoms with Gasteiger partial charge in [-0.2, -0.15) is 0 Å². The predicted molar refractivity (Wildman–Crippen MR) is 60.6 cm³/mol. The molecule has 0 unspecified atom stereocenters. The molecular formula is C11H12FN3O. The summed E-state index contributed by atoms with van der Waals surface area (Å²) in [6.07, 6.45) is 1.48. The van der Waals surface area contributed by atoms with Crippen LogP contribution in [0.15, 0.2) is 28.8 Å². The third kappa shape index (κ3) is 1.84. The molecular weight excluding hydrogens is 209 g/mol. The molecule has 0 aliphatic heterocycles. The topological polar surface area (TPSA) is 55.3 Å². The van der Waals surface area contributed by atoms with E-state index in [1.807, 2.05) is 19.0 Å². The zero-order valence-corrected chi connectivity index (χ0v) is 9.07. The number of benzene rings is 1. The quantitative estimate of drug-likeness (QED) is 0.844. The van der Waals surface area contributed by atoms with Crippen molar-refractivity contribution in [3.05, 3.63) is 30.2 Å². The SMILES string of the molecule is CN(C)c1ccc(F)cc1-c1cnc(N)o1. The van der Waals surface area contributed by atoms with Gasteiger partial charge < -0.3 is 15.1 Å². The number of anilines is 2. The first kappa shape index (κ1) is 10.5. The van der Waals surface area contributed by atoms with Crippen LogP contribution >= 0.6 is 0 Å². The lowest BCUT2D eigenvalue weighted by Crippen LogP contribution is -2.09. The number of oxazole rings is 1. The summed E-state index contributed by atoms with van der Waals surface area (Å²) in [6, 6.07) is 4.56. The van der Waals surface area contributed by atoms with Crippen LogP contribution in [0.5, 0.6) is 0 Å². The Morgan fingerprint density at radius 3 is 2.69 bits per heavy atom. The molecule has 0 radical (unpaired) electrons. The van der Waals surface area contributed by atoms with Crippen molar-refractivity contribution < 1.29 is 8.81 Å². The molecule has 2 N–H and O–H groups in total. The monoisotopic (exact) mass is 221 g/mol. The predicted octanol–water partition coefficient (Wildman–Crippen LogP) is 2.13. The maximum absolute atomic E-state index is 13.2. The summed E-state index contributed by atoms with van der Waals surface area (Å²) in [5, 5.41) is 0. The Morgan fingerprint density at radius 2 is 2.12 bits per heavy atom. The molecule has 0 aliphatic carbocycles. The molecule has 0 saturated heterocycles. The first-order chi connectivity index (χ1) is 7.58. The van der Waals surface area contributed by atoms with E-state index in [0.717, 1.165) is 5.69 Å². The minimum Gasteiger partial charge on any atom is -0.424 e. The van der Waals surface area contributed by atoms with Gasteiger partial charge in [-0.15, -0.1) is 0 Å². The van der Waals surface area contributed by atoms with Gasteiger partial charge >= 0.3 is 0 Å². The van der Waals surface area contributed by atoms with Crippen molar-refractivity contribution in [2.24, 2.45) is 0 Å². The van der Waals surface area contributed by atoms with Crippen LogP contribution < -0.4 is 10.6 Å². The molecule has 1 aromatic carbocycles. The first-order valence-electron chi connectivity index (χ1n) is 4.76. The molecule has 84 valence electrons. The normalized spacial score (nSPS) is 10.4. The first-order valence-corrected chi connectivity index (χ1v) is 4.76. The van der Waals surface area contributed by atoms with Crippen molar-refractivity contribution in [1.82, 2.24) is 4.98 Å². The van der Waals surface area contributed by atoms with Gasteiger partial charge in [-0.25, -0.2) is 9.37 Å². The molecule has 0 saturated carbocycles. The fraction of sp³-hybridized carbons (Fsp3) is 0.182. The van der Waals surface area contributed by atoms with E-state index in [4.69, 9.17) is 10.2 Å². The van der Waals surface area contributed by atoms with Crippen molar-refractivity contribution in [3.8, 4) is 11.3 Å². The Balaban J connectivity index is 2.57. The summed E-state index contributed by atoms with van der Waals surface area (Å²) in [5.74, 6) is 0.135. The highest BCUT2D eigenvalue weighted by Gasteiger charge is 2.12. The van der Waals surface area contributed by atoms with Gasteiger partial charge in [0.1, 0.15) is 5.82 Å². The van der Waals surface area contributed by atoms with Gasteiger partial charge in [0, 0.05) is 25.3 Å². The molecule has 2 rings (SSSR count). The molecule has 2 aromatic rings. The van der Waals surface area contributed by atoms with Crippen molar-refractivity contribution in [2.45, 2.75) is 0 Å². The second-order valence-corrected chi connectivity index (χ2v) is 3.62. The lowest BCUT2D eigenvalue weighted by molar-refractivity contribution is 0.591. The van der Waals surface area contributed by atoms with Crippen LogP contribution in [0.2, 0.25) is 0 Å². The van der Waals surface area contributed by atoms with Gasteiger partial charge in [0.15, 0.2) is 5.76 Å². The van der Waals surface area contributed by atoms with E-state index in [1.165, 1.54) is 18.3 Å². The Kier molecular flexibility index (Phi) is 2.52. The third-order valence-corrected chi connectivity index (χ3v) is 2.23. The number of aromatic nitrogens is 1. The number of nitrogen functional groups attached to an aromatic ring is 1. The van der Waals surface area contributed by atoms with Gasteiger partial charge in [-0.05, 0) is 18.2 Å². The van der Waals surface area contributed by atoms with Gasteiger partial charge in [0.2, 0.25) is 0 Å². The Hall–Kier alpha value is -2.04. The number of hydrogen-bond acceptors (Lipinski definition) is 4. The Labute approximate surface area is 92.5 Å². The van der Waals surface area contributed by atoms with Gasteiger partial charge in [0.25, 0.3) is 6.01 Å². The van der Waals surface area contributed by atoms with Crippen molar-refractivity contribution in [3.63, 3.8) is 0 Å². The van der Waals surface area contributed by atoms with E-state index < -0.39 is 0 Å². The summed E-state index contributed by atoms with van der Waals surface area (Å²) < 4.78 is 18.4. The zero-order chi connectivity index (χ0) is 11.7. The maximum atomic E-state index is 13.2. The minimum absolute atomic E-state index is 0.0731. The highest BCUT2D eigenvalue weighted by molar-refractivity contribution is 5.75. The summed E-state index contributed by atoms with van der Waals surface area (Å²) in [5.41, 5.74) is 6.87. The number of rotatable bonds is 2. The maximum Gasteiger partial charge on any atom is 0.292 e. The van der Waals surface area contributed by atoms with Crippen molar-refractivity contribution >= 4 is 11.7 Å². The number of nitrogens with two attached hydrogens (primary N) is 1. The molecule has 1 aromatic heterocycles. The Bertz CT molecular complexity index is 508. The lowest BCUT2D eigenvalue weighted by Gasteiger charge is -2.15. The molecule has 16 heavy (non-hydrogen) atoms. The van der Waals surface area contributed by atoms with Crippen LogP contribution in [-0.4, -0.2) is 19.1 Å². The van der Waals surface area contributed by atoms with E-state index in [-0.39, 0.29) is 11.8 Å². The molecule has 1 heterocycles. The molecule has 0 aliphatic rings. The molecule has 0 fully saturated rings. The third-order valence-electron chi connectivity index (χ3n) is 2.23. The average Bonchev–Trinajstić information content (AvgIpc) is 2.64. The molecule has 0 amide bonds. The standard InChI is InChI=1S/C11H12FN3O/c1-15(2)9-4-3-7(12)5-8(9)10-6-14-11(13)16-10/h3-6H,1-2H3,(H2,13,14). The largest absolute Gasteiger partial charge is 0.424 e. The van der Waals surface area contributed by atoms with Crippen LogP contribution in [0, 0.1) is 5.82 Å². The summed E-state index contributed by atoms with van der Waals surface area (Å²) in [6.45, 7) is 0. The summed E-state index contributed by atoms with van der Waals surface area (Å²) in [4.78, 5) is 5.66. The van der Waals surface area contributed by atoms with Crippen LogP contribution in [0.4, 0.5) is 16.1 Å². The van der Waals surface area contributed by atoms with E-state index >= 15 is 0 Å². The van der Waals surface area contributed by atoms with Crippen molar-refractivity contribution in [1.29, 1.82) is 0 Å².